The van der Waals surface area contributed by atoms with Crippen molar-refractivity contribution in [1.82, 2.24) is 0 Å². The number of ether oxygens (including phenoxy) is 1. The first-order chi connectivity index (χ1) is 10.5. The first kappa shape index (κ1) is 19.6. The first-order valence-corrected chi connectivity index (χ1v) is 8.24. The number of halogens is 2. The molecule has 0 spiro atoms. The third-order valence-electron chi connectivity index (χ3n) is 2.92. The minimum Gasteiger partial charge on any atom is -0.591 e. The monoisotopic (exact) mass is 345 g/mol. The molecule has 0 aliphatic carbocycles. The van der Waals surface area contributed by atoms with Crippen LogP contribution in [-0.4, -0.2) is 27.6 Å². The molecular weight excluding hydrogens is 324 g/mol. The van der Waals surface area contributed by atoms with Gasteiger partial charge in [-0.05, 0) is 40.7 Å². The van der Waals surface area contributed by atoms with Gasteiger partial charge in [-0.25, -0.2) is 4.79 Å². The lowest BCUT2D eigenvalue weighted by Crippen LogP contribution is -2.28. The van der Waals surface area contributed by atoms with E-state index in [4.69, 9.17) is 0 Å². The topological polar surface area (TPSA) is 61.7 Å². The van der Waals surface area contributed by atoms with Crippen LogP contribution in [0, 0.1) is 0 Å². The molecule has 128 valence electrons. The van der Waals surface area contributed by atoms with Crippen molar-refractivity contribution < 1.29 is 22.9 Å². The predicted octanol–water partition coefficient (Wildman–Crippen LogP) is 3.61. The Morgan fingerprint density at radius 1 is 1.35 bits per heavy atom. The minimum atomic E-state index is -3.74. The molecule has 0 N–H and O–H groups in total. The maximum absolute atomic E-state index is 14.1. The maximum atomic E-state index is 14.1. The van der Waals surface area contributed by atoms with Gasteiger partial charge in [0.05, 0.1) is 12.3 Å². The highest BCUT2D eigenvalue weighted by Gasteiger charge is 2.42. The van der Waals surface area contributed by atoms with Crippen LogP contribution in [0.4, 0.5) is 8.78 Å². The fourth-order valence-corrected chi connectivity index (χ4v) is 2.22. The molecule has 4 nitrogen and oxygen atoms in total. The highest BCUT2D eigenvalue weighted by molar-refractivity contribution is 7.91. The van der Waals surface area contributed by atoms with E-state index in [2.05, 4.69) is 9.13 Å². The van der Waals surface area contributed by atoms with Crippen molar-refractivity contribution in [3.63, 3.8) is 0 Å². The second-order valence-electron chi connectivity index (χ2n) is 5.91. The van der Waals surface area contributed by atoms with Crippen molar-refractivity contribution in [2.45, 2.75) is 45.3 Å². The molecule has 23 heavy (non-hydrogen) atoms. The molecule has 0 radical (unpaired) electrons. The number of carbonyl (C=O) groups is 1. The fourth-order valence-electron chi connectivity index (χ4n) is 1.59. The Labute approximate surface area is 138 Å². The molecule has 0 aliphatic rings. The van der Waals surface area contributed by atoms with Gasteiger partial charge in [-0.1, -0.05) is 22.6 Å². The molecular formula is C16H21F2NO3S. The number of esters is 1. The summed E-state index contributed by atoms with van der Waals surface area (Å²) in [4.78, 5) is 11.4. The second-order valence-corrected chi connectivity index (χ2v) is 7.82. The normalized spacial score (nSPS) is 14.5. The highest BCUT2D eigenvalue weighted by Crippen LogP contribution is 2.30. The second kappa shape index (κ2) is 7.40. The lowest BCUT2D eigenvalue weighted by atomic mass is 10.0. The molecule has 0 bridgehead atoms. The van der Waals surface area contributed by atoms with Crippen LogP contribution in [0.25, 0.3) is 0 Å². The van der Waals surface area contributed by atoms with E-state index < -0.39 is 33.6 Å². The molecule has 0 unspecified atom stereocenters. The zero-order valence-electron chi connectivity index (χ0n) is 13.9. The number of carbonyl (C=O) groups excluding carboxylic acids is 1. The van der Waals surface area contributed by atoms with E-state index in [9.17, 15) is 18.1 Å². The van der Waals surface area contributed by atoms with Crippen LogP contribution in [0.15, 0.2) is 28.7 Å². The van der Waals surface area contributed by atoms with Crippen LogP contribution in [0.1, 0.15) is 45.7 Å². The standard InChI is InChI=1S/C16H21F2NO3S/c1-6-22-14(20)16(17,18)13-9-7-8-12(10-13)11(2)19-23(21)15(3,4)5/h7-10H,6H2,1-5H3/t23-/m1/s1. The third kappa shape index (κ3) is 5.00. The summed E-state index contributed by atoms with van der Waals surface area (Å²) in [6.45, 7) is 8.23. The quantitative estimate of drug-likeness (QED) is 0.465. The Morgan fingerprint density at radius 2 is 1.96 bits per heavy atom. The van der Waals surface area contributed by atoms with Crippen LogP contribution in [0.2, 0.25) is 0 Å². The summed E-state index contributed by atoms with van der Waals surface area (Å²) in [5.74, 6) is -5.33. The van der Waals surface area contributed by atoms with E-state index in [0.29, 0.717) is 11.3 Å². The van der Waals surface area contributed by atoms with Crippen molar-refractivity contribution in [2.24, 2.45) is 4.40 Å². The number of nitrogens with zero attached hydrogens (tertiary/aromatic N) is 1. The van der Waals surface area contributed by atoms with Gasteiger partial charge in [0.25, 0.3) is 0 Å². The van der Waals surface area contributed by atoms with E-state index in [0.717, 1.165) is 12.1 Å². The van der Waals surface area contributed by atoms with Gasteiger partial charge in [-0.15, -0.1) is 0 Å². The first-order valence-electron chi connectivity index (χ1n) is 7.13. The number of benzene rings is 1. The largest absolute Gasteiger partial charge is 0.591 e. The van der Waals surface area contributed by atoms with Gasteiger partial charge in [-0.3, -0.25) is 0 Å². The number of hydrogen-bond donors (Lipinski definition) is 0. The minimum absolute atomic E-state index is 0.126. The average Bonchev–Trinajstić information content (AvgIpc) is 2.46. The van der Waals surface area contributed by atoms with Crippen LogP contribution in [-0.2, 0) is 26.8 Å². The molecule has 0 aromatic heterocycles. The van der Waals surface area contributed by atoms with Gasteiger partial charge >= 0.3 is 11.9 Å². The Balaban J connectivity index is 3.14. The summed E-state index contributed by atoms with van der Waals surface area (Å²) in [5, 5.41) is 0. The molecule has 1 rings (SSSR count). The SMILES string of the molecule is CCOC(=O)C(F)(F)c1cccc(C(C)=N[S@+]([O-])C(C)(C)C)c1. The van der Waals surface area contributed by atoms with Crippen molar-refractivity contribution in [3.05, 3.63) is 35.4 Å². The molecule has 0 aliphatic heterocycles. The summed E-state index contributed by atoms with van der Waals surface area (Å²) in [5.41, 5.74) is 0.258. The van der Waals surface area contributed by atoms with E-state index in [1.807, 2.05) is 0 Å². The Hall–Kier alpha value is -1.47. The number of hydrogen-bond acceptors (Lipinski definition) is 4. The van der Waals surface area contributed by atoms with Gasteiger partial charge in [-0.2, -0.15) is 8.78 Å². The van der Waals surface area contributed by atoms with Crippen LogP contribution in [0.3, 0.4) is 0 Å². The van der Waals surface area contributed by atoms with E-state index >= 15 is 0 Å². The van der Waals surface area contributed by atoms with Crippen LogP contribution < -0.4 is 0 Å². The number of rotatable bonds is 5. The highest BCUT2D eigenvalue weighted by atomic mass is 32.2. The smallest absolute Gasteiger partial charge is 0.381 e. The lowest BCUT2D eigenvalue weighted by molar-refractivity contribution is -0.173. The Bertz CT molecular complexity index is 597. The van der Waals surface area contributed by atoms with Crippen molar-refractivity contribution in [1.29, 1.82) is 0 Å². The van der Waals surface area contributed by atoms with Gasteiger partial charge in [0.2, 0.25) is 0 Å². The Kier molecular flexibility index (Phi) is 6.30. The summed E-state index contributed by atoms with van der Waals surface area (Å²) < 4.78 is 48.0. The van der Waals surface area contributed by atoms with Crippen molar-refractivity contribution in [3.8, 4) is 0 Å². The van der Waals surface area contributed by atoms with Gasteiger partial charge < -0.3 is 9.29 Å². The molecule has 0 saturated heterocycles. The van der Waals surface area contributed by atoms with E-state index in [-0.39, 0.29) is 6.61 Å². The van der Waals surface area contributed by atoms with Gasteiger partial charge in [0, 0.05) is 11.1 Å². The molecule has 0 heterocycles. The maximum Gasteiger partial charge on any atom is 0.381 e. The average molecular weight is 345 g/mol. The third-order valence-corrected chi connectivity index (χ3v) is 4.41. The van der Waals surface area contributed by atoms with E-state index in [1.165, 1.54) is 13.0 Å². The zero-order valence-corrected chi connectivity index (χ0v) is 14.7. The van der Waals surface area contributed by atoms with Crippen molar-refractivity contribution in [2.75, 3.05) is 6.61 Å². The molecule has 7 heteroatoms. The zero-order chi connectivity index (χ0) is 17.8. The predicted molar refractivity (Wildman–Crippen MR) is 87.1 cm³/mol. The van der Waals surface area contributed by atoms with Gasteiger partial charge in [0.1, 0.15) is 16.1 Å². The van der Waals surface area contributed by atoms with E-state index in [1.54, 1.807) is 33.8 Å². The van der Waals surface area contributed by atoms with Gasteiger partial charge in [0.15, 0.2) is 0 Å². The Morgan fingerprint density at radius 3 is 2.48 bits per heavy atom. The molecule has 0 amide bonds. The molecule has 0 fully saturated rings. The summed E-state index contributed by atoms with van der Waals surface area (Å²) in [6.07, 6.45) is 0. The van der Waals surface area contributed by atoms with Crippen molar-refractivity contribution >= 4 is 23.0 Å². The van der Waals surface area contributed by atoms with Crippen LogP contribution in [0.5, 0.6) is 0 Å². The summed E-state index contributed by atoms with van der Waals surface area (Å²) >= 11 is -1.50. The molecule has 1 atom stereocenters. The summed E-state index contributed by atoms with van der Waals surface area (Å²) in [6, 6.07) is 5.28. The molecule has 0 saturated carbocycles. The number of alkyl halides is 2. The summed E-state index contributed by atoms with van der Waals surface area (Å²) in [7, 11) is 0. The van der Waals surface area contributed by atoms with Crippen LogP contribution >= 0.6 is 0 Å². The molecule has 1 aromatic rings. The molecule has 1 aromatic carbocycles. The fraction of sp³-hybridized carbons (Fsp3) is 0.500. The lowest BCUT2D eigenvalue weighted by Gasteiger charge is -2.19.